The summed E-state index contributed by atoms with van der Waals surface area (Å²) in [5.41, 5.74) is 1.27. The van der Waals surface area contributed by atoms with Gasteiger partial charge in [0.1, 0.15) is 5.58 Å². The third-order valence-corrected chi connectivity index (χ3v) is 3.05. The molecule has 0 aliphatic rings. The van der Waals surface area contributed by atoms with Crippen LogP contribution in [0.4, 0.5) is 13.2 Å². The largest absolute Gasteiger partial charge is 0.481 e. The number of furan rings is 1. The Labute approximate surface area is 112 Å². The molecule has 2 nitrogen and oxygen atoms in total. The molecule has 0 bridgehead atoms. The molecular formula is C15H9F3O2. The van der Waals surface area contributed by atoms with Crippen LogP contribution in [0.2, 0.25) is 0 Å². The van der Waals surface area contributed by atoms with Crippen molar-refractivity contribution in [2.75, 3.05) is 0 Å². The Morgan fingerprint density at radius 3 is 2.15 bits per heavy atom. The summed E-state index contributed by atoms with van der Waals surface area (Å²) >= 11 is 0. The van der Waals surface area contributed by atoms with E-state index >= 15 is 0 Å². The smallest absolute Gasteiger partial charge is 0.416 e. The van der Waals surface area contributed by atoms with Crippen molar-refractivity contribution in [3.8, 4) is 17.1 Å². The molecule has 0 aliphatic heterocycles. The molecule has 0 saturated heterocycles. The highest BCUT2D eigenvalue weighted by Crippen LogP contribution is 2.32. The zero-order valence-corrected chi connectivity index (χ0v) is 10.1. The molecule has 0 fully saturated rings. The van der Waals surface area contributed by atoms with Crippen LogP contribution in [0.5, 0.6) is 5.95 Å². The number of rotatable bonds is 1. The van der Waals surface area contributed by atoms with Gasteiger partial charge in [0.15, 0.2) is 0 Å². The van der Waals surface area contributed by atoms with Gasteiger partial charge in [-0.15, -0.1) is 0 Å². The van der Waals surface area contributed by atoms with Crippen LogP contribution in [0.3, 0.4) is 0 Å². The summed E-state index contributed by atoms with van der Waals surface area (Å²) in [6.45, 7) is 0. The van der Waals surface area contributed by atoms with E-state index in [4.69, 9.17) is 4.42 Å². The number of hydrogen-bond donors (Lipinski definition) is 1. The van der Waals surface area contributed by atoms with Gasteiger partial charge in [-0.1, -0.05) is 18.2 Å². The summed E-state index contributed by atoms with van der Waals surface area (Å²) < 4.78 is 42.5. The molecule has 0 atom stereocenters. The standard InChI is InChI=1S/C15H9F3O2/c16-15(17,18)12-4-1-9(2-5-12)10-3-6-13-11(7-10)8-14(19)20-13/h1-8,19H. The first-order chi connectivity index (χ1) is 9.43. The van der Waals surface area contributed by atoms with Crippen molar-refractivity contribution >= 4 is 11.0 Å². The SMILES string of the molecule is Oc1cc2cc(-c3ccc(C(F)(F)F)cc3)ccc2o1. The van der Waals surface area contributed by atoms with E-state index < -0.39 is 11.7 Å². The minimum atomic E-state index is -4.33. The van der Waals surface area contributed by atoms with Crippen LogP contribution >= 0.6 is 0 Å². The Morgan fingerprint density at radius 1 is 0.850 bits per heavy atom. The van der Waals surface area contributed by atoms with Gasteiger partial charge in [-0.2, -0.15) is 13.2 Å². The normalized spacial score (nSPS) is 11.9. The second-order valence-corrected chi connectivity index (χ2v) is 4.41. The lowest BCUT2D eigenvalue weighted by atomic mass is 10.0. The maximum absolute atomic E-state index is 12.5. The van der Waals surface area contributed by atoms with Crippen molar-refractivity contribution in [2.45, 2.75) is 6.18 Å². The maximum Gasteiger partial charge on any atom is 0.416 e. The fraction of sp³-hybridized carbons (Fsp3) is 0.0667. The van der Waals surface area contributed by atoms with Gasteiger partial charge in [0.25, 0.3) is 5.95 Å². The molecule has 2 aromatic carbocycles. The Balaban J connectivity index is 2.02. The highest BCUT2D eigenvalue weighted by atomic mass is 19.4. The first-order valence-corrected chi connectivity index (χ1v) is 5.84. The number of hydrogen-bond acceptors (Lipinski definition) is 2. The summed E-state index contributed by atoms with van der Waals surface area (Å²) in [5.74, 6) is -0.190. The van der Waals surface area contributed by atoms with Crippen molar-refractivity contribution < 1.29 is 22.7 Å². The fourth-order valence-electron chi connectivity index (χ4n) is 2.06. The molecular weight excluding hydrogens is 269 g/mol. The average molecular weight is 278 g/mol. The van der Waals surface area contributed by atoms with Crippen LogP contribution in [0.1, 0.15) is 5.56 Å². The van der Waals surface area contributed by atoms with Crippen LogP contribution in [0, 0.1) is 0 Å². The number of benzene rings is 2. The Bertz CT molecular complexity index is 755. The minimum absolute atomic E-state index is 0.190. The molecule has 1 heterocycles. The first-order valence-electron chi connectivity index (χ1n) is 5.84. The molecule has 0 saturated carbocycles. The van der Waals surface area contributed by atoms with Crippen LogP contribution in [0.15, 0.2) is 52.9 Å². The average Bonchev–Trinajstić information content (AvgIpc) is 2.77. The summed E-state index contributed by atoms with van der Waals surface area (Å²) in [6, 6.07) is 11.5. The van der Waals surface area contributed by atoms with Crippen molar-refractivity contribution in [3.05, 3.63) is 54.1 Å². The molecule has 1 N–H and O–H groups in total. The van der Waals surface area contributed by atoms with Crippen molar-refractivity contribution in [1.82, 2.24) is 0 Å². The molecule has 3 aromatic rings. The Morgan fingerprint density at radius 2 is 1.50 bits per heavy atom. The first kappa shape index (κ1) is 12.6. The molecule has 0 radical (unpaired) electrons. The van der Waals surface area contributed by atoms with E-state index in [1.165, 1.54) is 18.2 Å². The summed E-state index contributed by atoms with van der Waals surface area (Å²) in [6.07, 6.45) is -4.33. The number of halogens is 3. The van der Waals surface area contributed by atoms with E-state index in [2.05, 4.69) is 0 Å². The summed E-state index contributed by atoms with van der Waals surface area (Å²) in [7, 11) is 0. The lowest BCUT2D eigenvalue weighted by Gasteiger charge is -2.07. The van der Waals surface area contributed by atoms with Crippen molar-refractivity contribution in [3.63, 3.8) is 0 Å². The zero-order valence-electron chi connectivity index (χ0n) is 10.1. The van der Waals surface area contributed by atoms with Gasteiger partial charge in [-0.25, -0.2) is 0 Å². The number of alkyl halides is 3. The van der Waals surface area contributed by atoms with E-state index in [1.807, 2.05) is 0 Å². The number of aromatic hydroxyl groups is 1. The van der Waals surface area contributed by atoms with Crippen LogP contribution in [-0.2, 0) is 6.18 Å². The van der Waals surface area contributed by atoms with E-state index in [0.29, 0.717) is 16.5 Å². The Kier molecular flexibility index (Phi) is 2.71. The second-order valence-electron chi connectivity index (χ2n) is 4.41. The molecule has 3 rings (SSSR count). The monoisotopic (exact) mass is 278 g/mol. The molecule has 5 heteroatoms. The maximum atomic E-state index is 12.5. The lowest BCUT2D eigenvalue weighted by Crippen LogP contribution is -2.03. The summed E-state index contributed by atoms with van der Waals surface area (Å²) in [5, 5.41) is 9.95. The van der Waals surface area contributed by atoms with Gasteiger partial charge in [-0.3, -0.25) is 0 Å². The lowest BCUT2D eigenvalue weighted by molar-refractivity contribution is -0.137. The molecule has 1 aromatic heterocycles. The molecule has 0 unspecified atom stereocenters. The third-order valence-electron chi connectivity index (χ3n) is 3.05. The molecule has 0 aliphatic carbocycles. The molecule has 102 valence electrons. The molecule has 0 amide bonds. The quantitative estimate of drug-likeness (QED) is 0.692. The fourth-order valence-corrected chi connectivity index (χ4v) is 2.06. The van der Waals surface area contributed by atoms with Gasteiger partial charge >= 0.3 is 6.18 Å². The zero-order chi connectivity index (χ0) is 14.3. The van der Waals surface area contributed by atoms with E-state index in [9.17, 15) is 18.3 Å². The molecule has 0 spiro atoms. The van der Waals surface area contributed by atoms with E-state index in [1.54, 1.807) is 18.2 Å². The highest BCUT2D eigenvalue weighted by Gasteiger charge is 2.29. The van der Waals surface area contributed by atoms with Gasteiger partial charge in [0, 0.05) is 11.5 Å². The van der Waals surface area contributed by atoms with Gasteiger partial charge < -0.3 is 9.52 Å². The van der Waals surface area contributed by atoms with Gasteiger partial charge in [0.05, 0.1) is 5.56 Å². The summed E-state index contributed by atoms with van der Waals surface area (Å²) in [4.78, 5) is 0. The molecule has 20 heavy (non-hydrogen) atoms. The van der Waals surface area contributed by atoms with Gasteiger partial charge in [-0.05, 0) is 35.4 Å². The van der Waals surface area contributed by atoms with Crippen LogP contribution < -0.4 is 0 Å². The van der Waals surface area contributed by atoms with E-state index in [-0.39, 0.29) is 5.95 Å². The predicted molar refractivity (Wildman–Crippen MR) is 68.3 cm³/mol. The topological polar surface area (TPSA) is 33.4 Å². The van der Waals surface area contributed by atoms with Crippen molar-refractivity contribution in [2.24, 2.45) is 0 Å². The second kappa shape index (κ2) is 4.30. The Hall–Kier alpha value is -2.43. The number of fused-ring (bicyclic) bond motifs is 1. The van der Waals surface area contributed by atoms with Crippen LogP contribution in [-0.4, -0.2) is 5.11 Å². The minimum Gasteiger partial charge on any atom is -0.481 e. The predicted octanol–water partition coefficient (Wildman–Crippen LogP) is 4.82. The van der Waals surface area contributed by atoms with E-state index in [0.717, 1.165) is 17.7 Å². The van der Waals surface area contributed by atoms with Crippen molar-refractivity contribution in [1.29, 1.82) is 0 Å². The van der Waals surface area contributed by atoms with Gasteiger partial charge in [0.2, 0.25) is 0 Å². The highest BCUT2D eigenvalue weighted by molar-refractivity contribution is 5.84. The third kappa shape index (κ3) is 2.22. The van der Waals surface area contributed by atoms with Crippen LogP contribution in [0.25, 0.3) is 22.1 Å².